The average Bonchev–Trinajstić information content (AvgIpc) is 2.62. The first-order valence-electron chi connectivity index (χ1n) is 7.89. The van der Waals surface area contributed by atoms with Crippen molar-refractivity contribution < 1.29 is 14.6 Å². The number of hydrazone groups is 1. The molecule has 0 aliphatic carbocycles. The van der Waals surface area contributed by atoms with Crippen molar-refractivity contribution in [2.45, 2.75) is 0 Å². The van der Waals surface area contributed by atoms with Gasteiger partial charge in [0.15, 0.2) is 0 Å². The molecule has 0 spiro atoms. The first kappa shape index (κ1) is 15.7. The molecule has 0 amide bonds. The van der Waals surface area contributed by atoms with E-state index in [2.05, 4.69) is 10.5 Å². The molecule has 26 heavy (non-hydrogen) atoms. The monoisotopic (exact) mass is 346 g/mol. The first-order chi connectivity index (χ1) is 12.6. The molecule has 0 radical (unpaired) electrons. The molecule has 0 fully saturated rings. The fraction of sp³-hybridized carbons (Fsp3) is 0. The smallest absolute Gasteiger partial charge is 0.204 e. The minimum Gasteiger partial charge on any atom is -0.508 e. The lowest BCUT2D eigenvalue weighted by atomic mass is 10.1. The van der Waals surface area contributed by atoms with E-state index >= 15 is 0 Å². The minimum absolute atomic E-state index is 0.0341. The maximum atomic E-state index is 12.7. The fourth-order valence-corrected chi connectivity index (χ4v) is 2.78. The van der Waals surface area contributed by atoms with E-state index in [9.17, 15) is 15.0 Å². The van der Waals surface area contributed by atoms with Gasteiger partial charge < -0.3 is 14.6 Å². The Morgan fingerprint density at radius 2 is 1.81 bits per heavy atom. The molecule has 0 aliphatic rings. The zero-order valence-electron chi connectivity index (χ0n) is 13.5. The summed E-state index contributed by atoms with van der Waals surface area (Å²) in [5.41, 5.74) is 4.38. The number of phenols is 2. The molecular weight excluding hydrogens is 332 g/mol. The summed E-state index contributed by atoms with van der Waals surface area (Å²) in [6, 6.07) is 16.9. The van der Waals surface area contributed by atoms with Gasteiger partial charge in [-0.2, -0.15) is 5.10 Å². The number of nitrogens with one attached hydrogen (secondary N) is 1. The van der Waals surface area contributed by atoms with Crippen LogP contribution in [0.2, 0.25) is 0 Å². The third-order valence-corrected chi connectivity index (χ3v) is 3.97. The zero-order chi connectivity index (χ0) is 18.1. The molecule has 0 saturated carbocycles. The SMILES string of the molecule is O=c1c2cccc(/C=N\Nc3ccccc3)c2oc2cc(O)cc(O)c12. The lowest BCUT2D eigenvalue weighted by Gasteiger charge is -2.06. The van der Waals surface area contributed by atoms with Crippen LogP contribution in [0, 0.1) is 0 Å². The van der Waals surface area contributed by atoms with Crippen LogP contribution in [0.3, 0.4) is 0 Å². The molecule has 6 nitrogen and oxygen atoms in total. The molecule has 4 aromatic rings. The molecule has 6 heteroatoms. The Morgan fingerprint density at radius 3 is 2.62 bits per heavy atom. The summed E-state index contributed by atoms with van der Waals surface area (Å²) in [6.07, 6.45) is 1.55. The quantitative estimate of drug-likeness (QED) is 0.298. The number of aromatic hydroxyl groups is 2. The maximum absolute atomic E-state index is 12.7. The van der Waals surface area contributed by atoms with Crippen molar-refractivity contribution in [2.75, 3.05) is 5.43 Å². The van der Waals surface area contributed by atoms with Crippen LogP contribution in [0.4, 0.5) is 5.69 Å². The Labute approximate surface area is 147 Å². The summed E-state index contributed by atoms with van der Waals surface area (Å²) in [6.45, 7) is 0. The average molecular weight is 346 g/mol. The van der Waals surface area contributed by atoms with E-state index in [1.807, 2.05) is 30.3 Å². The Kier molecular flexibility index (Phi) is 3.78. The molecule has 0 bridgehead atoms. The van der Waals surface area contributed by atoms with E-state index in [1.165, 1.54) is 6.07 Å². The molecule has 1 heterocycles. The lowest BCUT2D eigenvalue weighted by molar-refractivity contribution is 0.453. The number of anilines is 1. The van der Waals surface area contributed by atoms with Crippen LogP contribution in [-0.4, -0.2) is 16.4 Å². The van der Waals surface area contributed by atoms with Crippen molar-refractivity contribution in [3.8, 4) is 11.5 Å². The van der Waals surface area contributed by atoms with Crippen LogP contribution in [0.15, 0.2) is 75.0 Å². The fourth-order valence-electron chi connectivity index (χ4n) is 2.78. The highest BCUT2D eigenvalue weighted by Gasteiger charge is 2.14. The number of nitrogens with zero attached hydrogens (tertiary/aromatic N) is 1. The van der Waals surface area contributed by atoms with E-state index in [1.54, 1.807) is 24.4 Å². The van der Waals surface area contributed by atoms with Crippen LogP contribution in [0.5, 0.6) is 11.5 Å². The molecule has 0 aliphatic heterocycles. The third-order valence-electron chi connectivity index (χ3n) is 3.97. The number of phenolic OH excluding ortho intramolecular Hbond substituents is 2. The van der Waals surface area contributed by atoms with E-state index in [-0.39, 0.29) is 27.9 Å². The van der Waals surface area contributed by atoms with Gasteiger partial charge in [-0.1, -0.05) is 24.3 Å². The van der Waals surface area contributed by atoms with Crippen molar-refractivity contribution in [1.29, 1.82) is 0 Å². The van der Waals surface area contributed by atoms with Gasteiger partial charge >= 0.3 is 0 Å². The Hall–Kier alpha value is -3.80. The third kappa shape index (κ3) is 2.73. The van der Waals surface area contributed by atoms with Crippen LogP contribution in [0.25, 0.3) is 21.9 Å². The van der Waals surface area contributed by atoms with Crippen LogP contribution in [-0.2, 0) is 0 Å². The van der Waals surface area contributed by atoms with Gasteiger partial charge in [-0.25, -0.2) is 0 Å². The van der Waals surface area contributed by atoms with Gasteiger partial charge in [-0.3, -0.25) is 10.2 Å². The largest absolute Gasteiger partial charge is 0.508 e. The van der Waals surface area contributed by atoms with Crippen molar-refractivity contribution in [3.05, 3.63) is 76.5 Å². The predicted octanol–water partition coefficient (Wildman–Crippen LogP) is 3.80. The Bertz CT molecular complexity index is 1200. The summed E-state index contributed by atoms with van der Waals surface area (Å²) in [7, 11) is 0. The molecule has 0 saturated heterocycles. The molecular formula is C20H14N2O4. The maximum Gasteiger partial charge on any atom is 0.204 e. The van der Waals surface area contributed by atoms with Gasteiger partial charge in [0, 0.05) is 17.7 Å². The second kappa shape index (κ2) is 6.25. The van der Waals surface area contributed by atoms with Crippen LogP contribution in [0.1, 0.15) is 5.56 Å². The number of benzene rings is 3. The highest BCUT2D eigenvalue weighted by Crippen LogP contribution is 2.30. The van der Waals surface area contributed by atoms with E-state index in [0.29, 0.717) is 16.5 Å². The van der Waals surface area contributed by atoms with Crippen molar-refractivity contribution in [3.63, 3.8) is 0 Å². The molecule has 4 rings (SSSR count). The van der Waals surface area contributed by atoms with Crippen molar-refractivity contribution in [1.82, 2.24) is 0 Å². The highest BCUT2D eigenvalue weighted by molar-refractivity contribution is 6.01. The van der Waals surface area contributed by atoms with Gasteiger partial charge in [0.1, 0.15) is 28.1 Å². The number of fused-ring (bicyclic) bond motifs is 2. The zero-order valence-corrected chi connectivity index (χ0v) is 13.5. The summed E-state index contributed by atoms with van der Waals surface area (Å²) in [5, 5.41) is 24.2. The highest BCUT2D eigenvalue weighted by atomic mass is 16.3. The molecule has 3 N–H and O–H groups in total. The molecule has 0 unspecified atom stereocenters. The van der Waals surface area contributed by atoms with Gasteiger partial charge in [-0.15, -0.1) is 0 Å². The van der Waals surface area contributed by atoms with Gasteiger partial charge in [0.25, 0.3) is 0 Å². The first-order valence-corrected chi connectivity index (χ1v) is 7.89. The summed E-state index contributed by atoms with van der Waals surface area (Å²) < 4.78 is 5.78. The summed E-state index contributed by atoms with van der Waals surface area (Å²) >= 11 is 0. The number of hydrogen-bond acceptors (Lipinski definition) is 6. The second-order valence-electron chi connectivity index (χ2n) is 5.73. The minimum atomic E-state index is -0.370. The number of rotatable bonds is 3. The van der Waals surface area contributed by atoms with Crippen LogP contribution < -0.4 is 10.9 Å². The lowest BCUT2D eigenvalue weighted by Crippen LogP contribution is -2.04. The molecule has 0 atom stereocenters. The van der Waals surface area contributed by atoms with Gasteiger partial charge in [-0.05, 0) is 24.3 Å². The van der Waals surface area contributed by atoms with Crippen LogP contribution >= 0.6 is 0 Å². The summed E-state index contributed by atoms with van der Waals surface area (Å²) in [4.78, 5) is 12.7. The van der Waals surface area contributed by atoms with Crippen molar-refractivity contribution >= 4 is 33.8 Å². The van der Waals surface area contributed by atoms with Gasteiger partial charge in [0.2, 0.25) is 5.43 Å². The number of para-hydroxylation sites is 2. The molecule has 128 valence electrons. The normalized spacial score (nSPS) is 11.4. The van der Waals surface area contributed by atoms with E-state index in [0.717, 1.165) is 11.8 Å². The number of hydrogen-bond donors (Lipinski definition) is 3. The Morgan fingerprint density at radius 1 is 1.00 bits per heavy atom. The molecule has 1 aromatic heterocycles. The molecule has 3 aromatic carbocycles. The summed E-state index contributed by atoms with van der Waals surface area (Å²) in [5.74, 6) is -0.505. The standard InChI is InChI=1S/C20H14N2O4/c23-14-9-16(24)18-17(10-14)26-20-12(5-4-8-15(20)19(18)25)11-21-22-13-6-2-1-3-7-13/h1-11,22-24H/b21-11-. The van der Waals surface area contributed by atoms with Crippen molar-refractivity contribution in [2.24, 2.45) is 5.10 Å². The second-order valence-corrected chi connectivity index (χ2v) is 5.73. The van der Waals surface area contributed by atoms with Gasteiger partial charge in [0.05, 0.1) is 17.3 Å². The topological polar surface area (TPSA) is 95.1 Å². The van der Waals surface area contributed by atoms with E-state index in [4.69, 9.17) is 4.42 Å². The Balaban J connectivity index is 1.84. The van der Waals surface area contributed by atoms with E-state index < -0.39 is 0 Å². The predicted molar refractivity (Wildman–Crippen MR) is 101 cm³/mol.